The monoisotopic (exact) mass is 328 g/mol. The molecule has 2 rings (SSSR count). The minimum atomic E-state index is -3.87. The lowest BCUT2D eigenvalue weighted by Gasteiger charge is -2.33. The first-order valence-corrected chi connectivity index (χ1v) is 8.44. The second-order valence-corrected chi connectivity index (χ2v) is 6.70. The molecule has 122 valence electrons. The Bertz CT molecular complexity index is 651. The predicted molar refractivity (Wildman–Crippen MR) is 81.4 cm³/mol. The van der Waals surface area contributed by atoms with E-state index in [1.807, 2.05) is 4.90 Å². The molecule has 1 aromatic carbocycles. The number of benzene rings is 1. The first-order valence-electron chi connectivity index (χ1n) is 6.89. The van der Waals surface area contributed by atoms with Crippen molar-refractivity contribution < 1.29 is 22.7 Å². The molecule has 0 amide bonds. The number of carbonyl (C=O) groups is 1. The largest absolute Gasteiger partial charge is 0.465 e. The lowest BCUT2D eigenvalue weighted by molar-refractivity contribution is 0.0600. The summed E-state index contributed by atoms with van der Waals surface area (Å²) >= 11 is 0. The fourth-order valence-electron chi connectivity index (χ4n) is 2.57. The molecule has 1 aliphatic rings. The van der Waals surface area contributed by atoms with Crippen molar-refractivity contribution in [2.45, 2.75) is 23.8 Å². The number of anilines is 1. The highest BCUT2D eigenvalue weighted by Crippen LogP contribution is 2.27. The SMILES string of the molecule is COC(=O)c1cc(S(N)(=O)=O)ccc1N1CCC(OC)CC1. The Morgan fingerprint density at radius 1 is 1.27 bits per heavy atom. The minimum absolute atomic E-state index is 0.108. The lowest BCUT2D eigenvalue weighted by Crippen LogP contribution is -2.37. The quantitative estimate of drug-likeness (QED) is 0.818. The van der Waals surface area contributed by atoms with Gasteiger partial charge in [0, 0.05) is 20.2 Å². The van der Waals surface area contributed by atoms with Crippen molar-refractivity contribution >= 4 is 21.7 Å². The Hall–Kier alpha value is -1.64. The zero-order valence-corrected chi connectivity index (χ0v) is 13.4. The van der Waals surface area contributed by atoms with Gasteiger partial charge in [-0.25, -0.2) is 18.4 Å². The van der Waals surface area contributed by atoms with Crippen LogP contribution >= 0.6 is 0 Å². The van der Waals surface area contributed by atoms with Gasteiger partial charge in [-0.15, -0.1) is 0 Å². The van der Waals surface area contributed by atoms with Crippen LogP contribution in [0.5, 0.6) is 0 Å². The number of ether oxygens (including phenoxy) is 2. The number of methoxy groups -OCH3 is 2. The van der Waals surface area contributed by atoms with Crippen LogP contribution in [-0.4, -0.2) is 47.8 Å². The van der Waals surface area contributed by atoms with Crippen LogP contribution in [0.2, 0.25) is 0 Å². The second kappa shape index (κ2) is 6.64. The van der Waals surface area contributed by atoms with Crippen LogP contribution in [0.3, 0.4) is 0 Å². The maximum absolute atomic E-state index is 12.0. The summed E-state index contributed by atoms with van der Waals surface area (Å²) in [6.07, 6.45) is 1.89. The molecule has 0 atom stereocenters. The number of hydrogen-bond acceptors (Lipinski definition) is 6. The van der Waals surface area contributed by atoms with Crippen LogP contribution < -0.4 is 10.0 Å². The normalized spacial score (nSPS) is 16.6. The third-order valence-corrected chi connectivity index (χ3v) is 4.73. The van der Waals surface area contributed by atoms with Crippen LogP contribution in [0.4, 0.5) is 5.69 Å². The van der Waals surface area contributed by atoms with Crippen molar-refractivity contribution in [3.8, 4) is 0 Å². The van der Waals surface area contributed by atoms with Crippen LogP contribution in [0.1, 0.15) is 23.2 Å². The third kappa shape index (κ3) is 3.57. The molecule has 0 aromatic heterocycles. The van der Waals surface area contributed by atoms with Crippen LogP contribution in [0.25, 0.3) is 0 Å². The summed E-state index contributed by atoms with van der Waals surface area (Å²) in [5.41, 5.74) is 0.846. The molecule has 7 nitrogen and oxygen atoms in total. The van der Waals surface area contributed by atoms with Gasteiger partial charge < -0.3 is 14.4 Å². The topological polar surface area (TPSA) is 98.9 Å². The number of sulfonamides is 1. The predicted octanol–water partition coefficient (Wildman–Crippen LogP) is 0.736. The number of carbonyl (C=O) groups excluding carboxylic acids is 1. The molecule has 22 heavy (non-hydrogen) atoms. The van der Waals surface area contributed by atoms with Crippen molar-refractivity contribution in [1.29, 1.82) is 0 Å². The molecule has 0 spiro atoms. The van der Waals surface area contributed by atoms with Gasteiger partial charge >= 0.3 is 5.97 Å². The van der Waals surface area contributed by atoms with E-state index in [-0.39, 0.29) is 16.6 Å². The number of esters is 1. The summed E-state index contributed by atoms with van der Waals surface area (Å²) < 4.78 is 33.0. The standard InChI is InChI=1S/C14H20N2O5S/c1-20-10-5-7-16(8-6-10)13-4-3-11(22(15,18)19)9-12(13)14(17)21-2/h3-4,9-10H,5-8H2,1-2H3,(H2,15,18,19). The molecule has 1 fully saturated rings. The molecule has 0 unspecified atom stereocenters. The molecule has 1 saturated heterocycles. The molecule has 1 heterocycles. The van der Waals surface area contributed by atoms with Gasteiger partial charge in [-0.2, -0.15) is 0 Å². The van der Waals surface area contributed by atoms with Gasteiger partial charge in [0.25, 0.3) is 0 Å². The average molecular weight is 328 g/mol. The van der Waals surface area contributed by atoms with Gasteiger partial charge in [-0.3, -0.25) is 0 Å². The Morgan fingerprint density at radius 3 is 2.41 bits per heavy atom. The molecule has 8 heteroatoms. The van der Waals surface area contributed by atoms with Crippen molar-refractivity contribution in [2.24, 2.45) is 5.14 Å². The van der Waals surface area contributed by atoms with Crippen LogP contribution in [-0.2, 0) is 19.5 Å². The van der Waals surface area contributed by atoms with E-state index >= 15 is 0 Å². The number of nitrogens with zero attached hydrogens (tertiary/aromatic N) is 1. The van der Waals surface area contributed by atoms with E-state index in [1.54, 1.807) is 13.2 Å². The zero-order valence-electron chi connectivity index (χ0n) is 12.6. The fraction of sp³-hybridized carbons (Fsp3) is 0.500. The number of piperidine rings is 1. The van der Waals surface area contributed by atoms with Crippen molar-refractivity contribution in [1.82, 2.24) is 0 Å². The Morgan fingerprint density at radius 2 is 1.91 bits per heavy atom. The first-order chi connectivity index (χ1) is 10.4. The van der Waals surface area contributed by atoms with E-state index in [1.165, 1.54) is 19.2 Å². The molecule has 0 bridgehead atoms. The molecule has 0 radical (unpaired) electrons. The summed E-state index contributed by atoms with van der Waals surface area (Å²) in [5.74, 6) is -0.589. The maximum atomic E-state index is 12.0. The third-order valence-electron chi connectivity index (χ3n) is 3.82. The van der Waals surface area contributed by atoms with E-state index in [0.717, 1.165) is 25.9 Å². The van der Waals surface area contributed by atoms with Crippen LogP contribution in [0, 0.1) is 0 Å². The van der Waals surface area contributed by atoms with Gasteiger partial charge in [-0.1, -0.05) is 0 Å². The van der Waals surface area contributed by atoms with Gasteiger partial charge in [-0.05, 0) is 31.0 Å². The van der Waals surface area contributed by atoms with Crippen molar-refractivity contribution in [2.75, 3.05) is 32.2 Å². The molecule has 2 N–H and O–H groups in total. The smallest absolute Gasteiger partial charge is 0.340 e. The lowest BCUT2D eigenvalue weighted by atomic mass is 10.0. The van der Waals surface area contributed by atoms with Gasteiger partial charge in [0.05, 0.1) is 29.4 Å². The van der Waals surface area contributed by atoms with E-state index in [0.29, 0.717) is 5.69 Å². The summed E-state index contributed by atoms with van der Waals surface area (Å²) in [6, 6.07) is 4.26. The first kappa shape index (κ1) is 16.7. The van der Waals surface area contributed by atoms with Gasteiger partial charge in [0.2, 0.25) is 10.0 Å². The average Bonchev–Trinajstić information content (AvgIpc) is 2.52. The summed E-state index contributed by atoms with van der Waals surface area (Å²) in [7, 11) is -0.935. The minimum Gasteiger partial charge on any atom is -0.465 e. The van der Waals surface area contributed by atoms with E-state index < -0.39 is 16.0 Å². The zero-order chi connectivity index (χ0) is 16.3. The molecule has 1 aromatic rings. The fourth-order valence-corrected chi connectivity index (χ4v) is 3.11. The highest BCUT2D eigenvalue weighted by molar-refractivity contribution is 7.89. The molecule has 0 aliphatic carbocycles. The van der Waals surface area contributed by atoms with Crippen molar-refractivity contribution in [3.05, 3.63) is 23.8 Å². The van der Waals surface area contributed by atoms with Gasteiger partial charge in [0.15, 0.2) is 0 Å². The highest BCUT2D eigenvalue weighted by Gasteiger charge is 2.24. The maximum Gasteiger partial charge on any atom is 0.340 e. The van der Waals surface area contributed by atoms with Gasteiger partial charge in [0.1, 0.15) is 0 Å². The Kier molecular flexibility index (Phi) is 5.05. The summed E-state index contributed by atoms with van der Waals surface area (Å²) in [6.45, 7) is 1.44. The van der Waals surface area contributed by atoms with E-state index in [2.05, 4.69) is 0 Å². The van der Waals surface area contributed by atoms with E-state index in [4.69, 9.17) is 14.6 Å². The summed E-state index contributed by atoms with van der Waals surface area (Å²) in [5, 5.41) is 5.12. The number of hydrogen-bond donors (Lipinski definition) is 1. The number of primary sulfonamides is 1. The van der Waals surface area contributed by atoms with E-state index in [9.17, 15) is 13.2 Å². The number of rotatable bonds is 4. The second-order valence-electron chi connectivity index (χ2n) is 5.14. The summed E-state index contributed by atoms with van der Waals surface area (Å²) in [4.78, 5) is 13.9. The molecule has 0 saturated carbocycles. The highest BCUT2D eigenvalue weighted by atomic mass is 32.2. The van der Waals surface area contributed by atoms with Crippen LogP contribution in [0.15, 0.2) is 23.1 Å². The Labute approximate surface area is 130 Å². The molecular weight excluding hydrogens is 308 g/mol. The Balaban J connectivity index is 2.37. The molecular formula is C14H20N2O5S. The van der Waals surface area contributed by atoms with Crippen molar-refractivity contribution in [3.63, 3.8) is 0 Å². The molecule has 1 aliphatic heterocycles. The number of nitrogens with two attached hydrogens (primary N) is 1.